The standard InChI is InChI=1S/C22H31N3O.ClH/c1-14(22-10-16-6-17(11-22)8-18(7-16)12-22)23-13-15-4-5-19-20(9-15)25(3)21(26)24(19)2;/h4-5,9,14,16-18,23H,6-8,10-13H2,1-3H3;1H/p-1. The van der Waals surface area contributed by atoms with Crippen molar-refractivity contribution in [1.82, 2.24) is 14.5 Å². The second-order valence-corrected chi connectivity index (χ2v) is 9.61. The average Bonchev–Trinajstić information content (AvgIpc) is 2.82. The van der Waals surface area contributed by atoms with Gasteiger partial charge in [-0.25, -0.2) is 4.79 Å². The molecule has 1 atom stereocenters. The summed E-state index contributed by atoms with van der Waals surface area (Å²) < 4.78 is 3.48. The zero-order valence-electron chi connectivity index (χ0n) is 16.7. The molecule has 148 valence electrons. The third-order valence-corrected chi connectivity index (χ3v) is 7.95. The maximum Gasteiger partial charge on any atom is 0.328 e. The van der Waals surface area contributed by atoms with Crippen LogP contribution in [0.5, 0.6) is 0 Å². The number of hydrogen-bond acceptors (Lipinski definition) is 2. The molecular formula is C22H31ClN3O-. The highest BCUT2D eigenvalue weighted by Crippen LogP contribution is 2.61. The molecule has 1 N–H and O–H groups in total. The summed E-state index contributed by atoms with van der Waals surface area (Å²) in [6.07, 6.45) is 8.85. The van der Waals surface area contributed by atoms with Gasteiger partial charge in [0.05, 0.1) is 11.0 Å². The first-order valence-corrected chi connectivity index (χ1v) is 10.3. The van der Waals surface area contributed by atoms with E-state index in [1.807, 2.05) is 14.1 Å². The first-order chi connectivity index (χ1) is 12.4. The summed E-state index contributed by atoms with van der Waals surface area (Å²) in [6, 6.07) is 7.01. The van der Waals surface area contributed by atoms with Gasteiger partial charge in [0.2, 0.25) is 0 Å². The van der Waals surface area contributed by atoms with Crippen LogP contribution in [0.15, 0.2) is 23.0 Å². The molecule has 4 bridgehead atoms. The highest BCUT2D eigenvalue weighted by molar-refractivity contribution is 5.76. The molecule has 1 aromatic heterocycles. The summed E-state index contributed by atoms with van der Waals surface area (Å²) in [7, 11) is 3.71. The SMILES string of the molecule is CC(NCc1ccc2c(c1)n(C)c(=O)n2C)C12CC3CC(CC(C3)C1)C2.[Cl-]. The molecule has 4 saturated carbocycles. The van der Waals surface area contributed by atoms with Gasteiger partial charge in [0, 0.05) is 26.7 Å². The van der Waals surface area contributed by atoms with E-state index in [0.717, 1.165) is 35.3 Å². The lowest BCUT2D eigenvalue weighted by molar-refractivity contribution is -0.0706. The monoisotopic (exact) mass is 388 g/mol. The second kappa shape index (κ2) is 6.66. The lowest BCUT2D eigenvalue weighted by Gasteiger charge is -2.59. The number of aromatic nitrogens is 2. The maximum absolute atomic E-state index is 12.1. The van der Waals surface area contributed by atoms with E-state index >= 15 is 0 Å². The van der Waals surface area contributed by atoms with Gasteiger partial charge in [-0.05, 0) is 86.3 Å². The summed E-state index contributed by atoms with van der Waals surface area (Å²) in [4.78, 5) is 12.1. The Balaban J connectivity index is 0.00000180. The number of aryl methyl sites for hydroxylation is 2. The van der Waals surface area contributed by atoms with E-state index in [-0.39, 0.29) is 18.1 Å². The highest BCUT2D eigenvalue weighted by Gasteiger charge is 2.52. The molecule has 5 heteroatoms. The molecule has 6 rings (SSSR count). The zero-order valence-corrected chi connectivity index (χ0v) is 17.4. The van der Waals surface area contributed by atoms with Crippen molar-refractivity contribution in [3.8, 4) is 0 Å². The van der Waals surface area contributed by atoms with Crippen molar-refractivity contribution < 1.29 is 12.4 Å². The van der Waals surface area contributed by atoms with E-state index in [1.54, 1.807) is 9.13 Å². The molecule has 1 aromatic carbocycles. The summed E-state index contributed by atoms with van der Waals surface area (Å²) in [5.41, 5.74) is 3.90. The number of rotatable bonds is 4. The van der Waals surface area contributed by atoms with Gasteiger partial charge in [-0.15, -0.1) is 0 Å². The van der Waals surface area contributed by atoms with Crippen LogP contribution in [0.2, 0.25) is 0 Å². The molecule has 4 fully saturated rings. The van der Waals surface area contributed by atoms with Gasteiger partial charge in [-0.1, -0.05) is 6.07 Å². The Morgan fingerprint density at radius 3 is 2.19 bits per heavy atom. The van der Waals surface area contributed by atoms with Crippen molar-refractivity contribution in [3.05, 3.63) is 34.2 Å². The molecule has 1 unspecified atom stereocenters. The van der Waals surface area contributed by atoms with Gasteiger partial charge in [0.15, 0.2) is 0 Å². The van der Waals surface area contributed by atoms with Crippen LogP contribution in [0.1, 0.15) is 51.0 Å². The number of hydrogen-bond donors (Lipinski definition) is 1. The van der Waals surface area contributed by atoms with Crippen molar-refractivity contribution in [2.24, 2.45) is 37.3 Å². The highest BCUT2D eigenvalue weighted by atomic mass is 35.5. The van der Waals surface area contributed by atoms with Gasteiger partial charge in [0.1, 0.15) is 0 Å². The van der Waals surface area contributed by atoms with Crippen LogP contribution >= 0.6 is 0 Å². The van der Waals surface area contributed by atoms with E-state index in [2.05, 4.69) is 30.4 Å². The minimum Gasteiger partial charge on any atom is -1.00 e. The lowest BCUT2D eigenvalue weighted by atomic mass is 9.48. The van der Waals surface area contributed by atoms with Gasteiger partial charge < -0.3 is 17.7 Å². The summed E-state index contributed by atoms with van der Waals surface area (Å²) in [5, 5.41) is 3.87. The Labute approximate surface area is 167 Å². The van der Waals surface area contributed by atoms with Crippen LogP contribution < -0.4 is 23.4 Å². The van der Waals surface area contributed by atoms with Crippen LogP contribution in [0.4, 0.5) is 0 Å². The Kier molecular flexibility index (Phi) is 4.71. The van der Waals surface area contributed by atoms with Crippen molar-refractivity contribution >= 4 is 11.0 Å². The Bertz CT molecular complexity index is 877. The molecule has 0 amide bonds. The number of halogens is 1. The van der Waals surface area contributed by atoms with Crippen LogP contribution in [0.25, 0.3) is 11.0 Å². The quantitative estimate of drug-likeness (QED) is 0.832. The molecule has 4 nitrogen and oxygen atoms in total. The van der Waals surface area contributed by atoms with Crippen molar-refractivity contribution in [1.29, 1.82) is 0 Å². The molecule has 27 heavy (non-hydrogen) atoms. The van der Waals surface area contributed by atoms with Crippen LogP contribution in [-0.4, -0.2) is 15.2 Å². The minimum absolute atomic E-state index is 0. The molecular weight excluding hydrogens is 358 g/mol. The van der Waals surface area contributed by atoms with Gasteiger partial charge in [0.25, 0.3) is 0 Å². The van der Waals surface area contributed by atoms with Gasteiger partial charge in [-0.3, -0.25) is 9.13 Å². The fourth-order valence-electron chi connectivity index (χ4n) is 6.86. The van der Waals surface area contributed by atoms with E-state index in [0.29, 0.717) is 11.5 Å². The topological polar surface area (TPSA) is 39.0 Å². The number of imidazole rings is 1. The average molecular weight is 389 g/mol. The van der Waals surface area contributed by atoms with Crippen molar-refractivity contribution in [2.75, 3.05) is 0 Å². The largest absolute Gasteiger partial charge is 1.00 e. The minimum atomic E-state index is 0. The molecule has 1 heterocycles. The summed E-state index contributed by atoms with van der Waals surface area (Å²) in [5.74, 6) is 3.00. The van der Waals surface area contributed by atoms with Gasteiger partial charge in [-0.2, -0.15) is 0 Å². The molecule has 0 radical (unpaired) electrons. The van der Waals surface area contributed by atoms with Gasteiger partial charge >= 0.3 is 5.69 Å². The number of nitrogens with one attached hydrogen (secondary N) is 1. The zero-order chi connectivity index (χ0) is 18.1. The molecule has 0 spiro atoms. The van der Waals surface area contributed by atoms with Crippen molar-refractivity contribution in [2.45, 2.75) is 58.0 Å². The third kappa shape index (κ3) is 2.96. The molecule has 0 saturated heterocycles. The molecule has 4 aliphatic rings. The number of nitrogens with zero attached hydrogens (tertiary/aromatic N) is 2. The Morgan fingerprint density at radius 2 is 1.59 bits per heavy atom. The summed E-state index contributed by atoms with van der Waals surface area (Å²) in [6.45, 7) is 3.31. The smallest absolute Gasteiger partial charge is 0.328 e. The molecule has 2 aromatic rings. The molecule has 0 aliphatic heterocycles. The third-order valence-electron chi connectivity index (χ3n) is 7.95. The normalized spacial score (nSPS) is 32.6. The maximum atomic E-state index is 12.1. The lowest BCUT2D eigenvalue weighted by Crippen LogP contribution is -3.00. The Hall–Kier alpha value is -1.26. The van der Waals surface area contributed by atoms with Crippen LogP contribution in [0, 0.1) is 23.2 Å². The van der Waals surface area contributed by atoms with Crippen LogP contribution in [-0.2, 0) is 20.6 Å². The Morgan fingerprint density at radius 1 is 1.04 bits per heavy atom. The fourth-order valence-corrected chi connectivity index (χ4v) is 6.86. The second-order valence-electron chi connectivity index (χ2n) is 9.61. The predicted molar refractivity (Wildman–Crippen MR) is 105 cm³/mol. The molecule has 4 aliphatic carbocycles. The van der Waals surface area contributed by atoms with E-state index in [9.17, 15) is 4.79 Å². The number of benzene rings is 1. The number of fused-ring (bicyclic) bond motifs is 1. The fraction of sp³-hybridized carbons (Fsp3) is 0.682. The van der Waals surface area contributed by atoms with E-state index in [1.165, 1.54) is 44.1 Å². The first kappa shape index (κ1) is 19.1. The van der Waals surface area contributed by atoms with Crippen molar-refractivity contribution in [3.63, 3.8) is 0 Å². The van der Waals surface area contributed by atoms with E-state index < -0.39 is 0 Å². The summed E-state index contributed by atoms with van der Waals surface area (Å²) >= 11 is 0. The van der Waals surface area contributed by atoms with E-state index in [4.69, 9.17) is 0 Å². The van der Waals surface area contributed by atoms with Crippen LogP contribution in [0.3, 0.4) is 0 Å². The predicted octanol–water partition coefficient (Wildman–Crippen LogP) is 0.576. The first-order valence-electron chi connectivity index (χ1n) is 10.3.